The van der Waals surface area contributed by atoms with Crippen LogP contribution in [-0.2, 0) is 16.1 Å². The molecule has 0 aliphatic heterocycles. The average molecular weight is 564 g/mol. The summed E-state index contributed by atoms with van der Waals surface area (Å²) in [6.45, 7) is 4.99. The first kappa shape index (κ1) is 27.9. The molecule has 4 fully saturated rings. The zero-order valence-corrected chi connectivity index (χ0v) is 23.5. The van der Waals surface area contributed by atoms with Crippen LogP contribution in [0.15, 0.2) is 18.2 Å². The second-order valence-electron chi connectivity index (χ2n) is 13.6. The molecule has 0 unspecified atom stereocenters. The Hall–Kier alpha value is -2.20. The molecule has 0 bridgehead atoms. The minimum Gasteiger partial charge on any atom is -0.403 e. The molecular weight excluding hydrogens is 523 g/mol. The molecular formula is C30H40F3N3O4. The number of alkyl halides is 3. The van der Waals surface area contributed by atoms with Crippen LogP contribution in [0.5, 0.6) is 5.75 Å². The highest BCUT2D eigenvalue weighted by molar-refractivity contribution is 5.85. The number of benzene rings is 1. The highest BCUT2D eigenvalue weighted by Crippen LogP contribution is 2.68. The number of hydrogen-bond donors (Lipinski definition) is 1. The molecule has 1 aromatic heterocycles. The second kappa shape index (κ2) is 9.68. The highest BCUT2D eigenvalue weighted by atomic mass is 19.4. The Labute approximate surface area is 232 Å². The van der Waals surface area contributed by atoms with E-state index in [9.17, 15) is 23.1 Å². The van der Waals surface area contributed by atoms with Gasteiger partial charge >= 0.3 is 6.36 Å². The molecule has 6 rings (SSSR count). The van der Waals surface area contributed by atoms with E-state index in [4.69, 9.17) is 4.74 Å². The standard InChI is InChI=1S/C30H40F3N3O4/c1-27(38)13-14-29(17-39-3)18(15-27)7-8-19-20-9-10-22(28(20,2)12-11-21(19)29)24(37)16-36-23-5-4-6-25(26(23)34-35-36)40-30(31,32)33/h4-6,18-22,38H,7-17H2,1-3H3/t18-,19-,20-,21-,22+,27+,28-,29+/m0/s1. The van der Waals surface area contributed by atoms with E-state index in [1.54, 1.807) is 13.2 Å². The lowest BCUT2D eigenvalue weighted by Crippen LogP contribution is -2.58. The summed E-state index contributed by atoms with van der Waals surface area (Å²) in [6.07, 6.45) is 3.91. The predicted molar refractivity (Wildman–Crippen MR) is 141 cm³/mol. The molecule has 0 spiro atoms. The van der Waals surface area contributed by atoms with Gasteiger partial charge in [-0.25, -0.2) is 4.68 Å². The molecule has 4 aliphatic carbocycles. The number of ether oxygens (including phenoxy) is 2. The number of fused-ring (bicyclic) bond motifs is 6. The number of carbonyl (C=O) groups excluding carboxylic acids is 1. The summed E-state index contributed by atoms with van der Waals surface area (Å²) >= 11 is 0. The van der Waals surface area contributed by atoms with E-state index in [1.165, 1.54) is 16.8 Å². The number of aromatic nitrogens is 3. The van der Waals surface area contributed by atoms with Gasteiger partial charge in [0.2, 0.25) is 0 Å². The summed E-state index contributed by atoms with van der Waals surface area (Å²) in [6, 6.07) is 4.28. The molecule has 2 aromatic rings. The Bertz CT molecular complexity index is 1280. The fraction of sp³-hybridized carbons (Fsp3) is 0.767. The van der Waals surface area contributed by atoms with Crippen LogP contribution in [0.2, 0.25) is 0 Å². The quantitative estimate of drug-likeness (QED) is 0.469. The van der Waals surface area contributed by atoms with Gasteiger partial charge in [-0.15, -0.1) is 18.3 Å². The topological polar surface area (TPSA) is 86.5 Å². The van der Waals surface area contributed by atoms with Crippen LogP contribution in [-0.4, -0.2) is 51.6 Å². The van der Waals surface area contributed by atoms with Crippen LogP contribution >= 0.6 is 0 Å². The normalized spacial score (nSPS) is 39.4. The van der Waals surface area contributed by atoms with Crippen LogP contribution in [0, 0.1) is 40.4 Å². The Balaban J connectivity index is 1.22. The molecule has 4 saturated carbocycles. The van der Waals surface area contributed by atoms with E-state index in [2.05, 4.69) is 22.0 Å². The van der Waals surface area contributed by atoms with Crippen molar-refractivity contribution in [3.8, 4) is 5.75 Å². The third-order valence-electron chi connectivity index (χ3n) is 11.5. The van der Waals surface area contributed by atoms with Crippen molar-refractivity contribution in [2.45, 2.75) is 90.1 Å². The van der Waals surface area contributed by atoms with Gasteiger partial charge in [0.1, 0.15) is 6.54 Å². The van der Waals surface area contributed by atoms with E-state index in [0.29, 0.717) is 29.2 Å². The minimum atomic E-state index is -4.84. The van der Waals surface area contributed by atoms with Gasteiger partial charge in [0.05, 0.1) is 17.7 Å². The molecule has 1 heterocycles. The van der Waals surface area contributed by atoms with Crippen LogP contribution < -0.4 is 4.74 Å². The molecule has 8 atom stereocenters. The minimum absolute atomic E-state index is 0.00435. The molecule has 7 nitrogen and oxygen atoms in total. The first-order valence-electron chi connectivity index (χ1n) is 14.7. The van der Waals surface area contributed by atoms with Crippen LogP contribution in [0.4, 0.5) is 13.2 Å². The third-order valence-corrected chi connectivity index (χ3v) is 11.5. The zero-order valence-electron chi connectivity index (χ0n) is 23.5. The number of hydrogen-bond acceptors (Lipinski definition) is 6. The Kier molecular flexibility index (Phi) is 6.76. The maximum atomic E-state index is 13.8. The molecule has 4 aliphatic rings. The zero-order chi connectivity index (χ0) is 28.5. The number of rotatable bonds is 6. The maximum Gasteiger partial charge on any atom is 0.573 e. The van der Waals surface area contributed by atoms with E-state index in [1.807, 2.05) is 6.92 Å². The van der Waals surface area contributed by atoms with E-state index >= 15 is 0 Å². The number of nitrogens with zero attached hydrogens (tertiary/aromatic N) is 3. The number of ketones is 1. The van der Waals surface area contributed by atoms with Gasteiger partial charge in [0, 0.05) is 13.0 Å². The van der Waals surface area contributed by atoms with Crippen molar-refractivity contribution in [1.29, 1.82) is 0 Å². The van der Waals surface area contributed by atoms with Gasteiger partial charge < -0.3 is 14.6 Å². The van der Waals surface area contributed by atoms with Crippen molar-refractivity contribution in [2.75, 3.05) is 13.7 Å². The van der Waals surface area contributed by atoms with Crippen molar-refractivity contribution in [1.82, 2.24) is 15.0 Å². The number of halogens is 3. The summed E-state index contributed by atoms with van der Waals surface area (Å²) in [7, 11) is 1.80. The van der Waals surface area contributed by atoms with Crippen LogP contribution in [0.25, 0.3) is 11.0 Å². The highest BCUT2D eigenvalue weighted by Gasteiger charge is 2.63. The van der Waals surface area contributed by atoms with Crippen molar-refractivity contribution in [3.63, 3.8) is 0 Å². The molecule has 0 saturated heterocycles. The Morgan fingerprint density at radius 3 is 2.65 bits per heavy atom. The van der Waals surface area contributed by atoms with Gasteiger partial charge in [-0.05, 0) is 111 Å². The van der Waals surface area contributed by atoms with E-state index < -0.39 is 17.7 Å². The predicted octanol–water partition coefficient (Wildman–Crippen LogP) is 5.94. The van der Waals surface area contributed by atoms with Crippen LogP contribution in [0.1, 0.15) is 71.6 Å². The second-order valence-corrected chi connectivity index (χ2v) is 13.6. The number of methoxy groups -OCH3 is 1. The molecule has 0 amide bonds. The summed E-state index contributed by atoms with van der Waals surface area (Å²) in [5, 5.41) is 18.8. The Morgan fingerprint density at radius 1 is 1.10 bits per heavy atom. The lowest BCUT2D eigenvalue weighted by Gasteiger charge is -2.62. The smallest absolute Gasteiger partial charge is 0.403 e. The van der Waals surface area contributed by atoms with Crippen molar-refractivity contribution < 1.29 is 32.5 Å². The van der Waals surface area contributed by atoms with Crippen LogP contribution in [0.3, 0.4) is 0 Å². The number of aliphatic hydroxyl groups is 1. The molecule has 1 aromatic carbocycles. The van der Waals surface area contributed by atoms with Gasteiger partial charge in [0.15, 0.2) is 17.0 Å². The van der Waals surface area contributed by atoms with Gasteiger partial charge in [-0.2, -0.15) is 0 Å². The summed E-state index contributed by atoms with van der Waals surface area (Å²) in [4.78, 5) is 13.8. The first-order valence-corrected chi connectivity index (χ1v) is 14.7. The lowest BCUT2D eigenvalue weighted by atomic mass is 9.43. The molecule has 1 N–H and O–H groups in total. The van der Waals surface area contributed by atoms with Crippen molar-refractivity contribution >= 4 is 16.8 Å². The van der Waals surface area contributed by atoms with Gasteiger partial charge in [-0.3, -0.25) is 4.79 Å². The average Bonchev–Trinajstić information content (AvgIpc) is 3.44. The number of Topliss-reactive ketones (excluding diaryl/α,β-unsaturated/α-hetero) is 1. The summed E-state index contributed by atoms with van der Waals surface area (Å²) in [5.74, 6) is 1.55. The summed E-state index contributed by atoms with van der Waals surface area (Å²) in [5.41, 5.74) is -0.269. The number of carbonyl (C=O) groups is 1. The summed E-state index contributed by atoms with van der Waals surface area (Å²) < 4.78 is 50.0. The van der Waals surface area contributed by atoms with E-state index in [0.717, 1.165) is 64.4 Å². The Morgan fingerprint density at radius 2 is 1.90 bits per heavy atom. The lowest BCUT2D eigenvalue weighted by molar-refractivity contribution is -0.274. The van der Waals surface area contributed by atoms with Crippen molar-refractivity contribution in [3.05, 3.63) is 18.2 Å². The fourth-order valence-corrected chi connectivity index (χ4v) is 9.86. The van der Waals surface area contributed by atoms with Gasteiger partial charge in [-0.1, -0.05) is 18.2 Å². The third kappa shape index (κ3) is 4.53. The molecule has 10 heteroatoms. The molecule has 220 valence electrons. The van der Waals surface area contributed by atoms with Crippen molar-refractivity contribution in [2.24, 2.45) is 40.4 Å². The monoisotopic (exact) mass is 563 g/mol. The fourth-order valence-electron chi connectivity index (χ4n) is 9.86. The first-order chi connectivity index (χ1) is 18.9. The maximum absolute atomic E-state index is 13.8. The molecule has 40 heavy (non-hydrogen) atoms. The van der Waals surface area contributed by atoms with E-state index in [-0.39, 0.29) is 34.6 Å². The largest absolute Gasteiger partial charge is 0.573 e. The van der Waals surface area contributed by atoms with Gasteiger partial charge in [0.25, 0.3) is 0 Å². The molecule has 0 radical (unpaired) electrons. The SMILES string of the molecule is COC[C@]12CC[C@@](C)(O)C[C@@H]1CC[C@H]1[C@@H]3CC[C@H](C(=O)Cn4nnc5c(OC(F)(F)F)cccc54)[C@@]3(C)CC[C@@H]12.